The van der Waals surface area contributed by atoms with Gasteiger partial charge in [0.1, 0.15) is 0 Å². The Hall–Kier alpha value is -1.16. The van der Waals surface area contributed by atoms with Gasteiger partial charge in [-0.25, -0.2) is 4.39 Å². The fourth-order valence-electron chi connectivity index (χ4n) is 1.43. The first-order chi connectivity index (χ1) is 8.47. The van der Waals surface area contributed by atoms with Crippen molar-refractivity contribution in [2.75, 3.05) is 11.1 Å². The van der Waals surface area contributed by atoms with Gasteiger partial charge in [-0.2, -0.15) is 0 Å². The third-order valence-corrected chi connectivity index (χ3v) is 3.06. The minimum atomic E-state index is -0.645. The molecule has 0 aliphatic heterocycles. The number of anilines is 3. The fourth-order valence-corrected chi connectivity index (χ4v) is 2.10. The van der Waals surface area contributed by atoms with E-state index in [0.717, 1.165) is 0 Å². The van der Waals surface area contributed by atoms with Crippen LogP contribution in [0.15, 0.2) is 30.3 Å². The first-order valence-electron chi connectivity index (χ1n) is 4.94. The monoisotopic (exact) mass is 304 g/mol. The molecule has 0 atom stereocenters. The Labute approximate surface area is 118 Å². The second kappa shape index (κ2) is 5.22. The second-order valence-electron chi connectivity index (χ2n) is 3.61. The van der Waals surface area contributed by atoms with Gasteiger partial charge in [-0.05, 0) is 30.3 Å². The van der Waals surface area contributed by atoms with Crippen LogP contribution in [0, 0.1) is 5.82 Å². The van der Waals surface area contributed by atoms with E-state index < -0.39 is 5.82 Å². The van der Waals surface area contributed by atoms with Crippen LogP contribution in [0.1, 0.15) is 0 Å². The van der Waals surface area contributed by atoms with Crippen LogP contribution in [0.2, 0.25) is 15.1 Å². The van der Waals surface area contributed by atoms with Gasteiger partial charge in [0.15, 0.2) is 5.82 Å². The van der Waals surface area contributed by atoms with Crippen LogP contribution in [0.5, 0.6) is 0 Å². The van der Waals surface area contributed by atoms with Gasteiger partial charge in [0, 0.05) is 10.7 Å². The average molecular weight is 306 g/mol. The van der Waals surface area contributed by atoms with E-state index in [1.54, 1.807) is 18.2 Å². The van der Waals surface area contributed by atoms with Gasteiger partial charge in [-0.3, -0.25) is 0 Å². The molecule has 2 aromatic rings. The fraction of sp³-hybridized carbons (Fsp3) is 0. The van der Waals surface area contributed by atoms with Gasteiger partial charge in [0.25, 0.3) is 0 Å². The van der Waals surface area contributed by atoms with E-state index in [1.807, 2.05) is 0 Å². The highest BCUT2D eigenvalue weighted by Gasteiger charge is 2.08. The maximum Gasteiger partial charge on any atom is 0.160 e. The van der Waals surface area contributed by atoms with E-state index >= 15 is 0 Å². The molecule has 0 spiro atoms. The van der Waals surface area contributed by atoms with E-state index in [4.69, 9.17) is 40.5 Å². The predicted octanol–water partition coefficient (Wildman–Crippen LogP) is 5.11. The highest BCUT2D eigenvalue weighted by atomic mass is 35.5. The van der Waals surface area contributed by atoms with Gasteiger partial charge in [0.2, 0.25) is 0 Å². The molecule has 0 heterocycles. The molecule has 94 valence electrons. The summed E-state index contributed by atoms with van der Waals surface area (Å²) in [5, 5.41) is 3.41. The number of hydrogen-bond donors (Lipinski definition) is 2. The number of nitrogens with one attached hydrogen (secondary N) is 1. The van der Waals surface area contributed by atoms with Crippen molar-refractivity contribution in [2.45, 2.75) is 0 Å². The van der Waals surface area contributed by atoms with Gasteiger partial charge in [-0.1, -0.05) is 34.8 Å². The number of halogens is 4. The standard InChI is InChI=1S/C12H8Cl3FN2/c13-6-1-2-11(10(17)3-6)18-7-4-8(14)12(16)9(15)5-7/h1-5,18H,17H2. The quantitative estimate of drug-likeness (QED) is 0.597. The molecule has 0 fully saturated rings. The van der Waals surface area contributed by atoms with Crippen molar-refractivity contribution >= 4 is 51.9 Å². The minimum Gasteiger partial charge on any atom is -0.397 e. The highest BCUT2D eigenvalue weighted by Crippen LogP contribution is 2.31. The Bertz CT molecular complexity index is 579. The predicted molar refractivity (Wildman–Crippen MR) is 75.6 cm³/mol. The summed E-state index contributed by atoms with van der Waals surface area (Å²) in [6.45, 7) is 0. The Morgan fingerprint density at radius 3 is 2.17 bits per heavy atom. The number of benzene rings is 2. The average Bonchev–Trinajstić information content (AvgIpc) is 2.29. The normalized spacial score (nSPS) is 10.4. The SMILES string of the molecule is Nc1cc(Cl)ccc1Nc1cc(Cl)c(F)c(Cl)c1. The van der Waals surface area contributed by atoms with Crippen molar-refractivity contribution in [1.29, 1.82) is 0 Å². The van der Waals surface area contributed by atoms with Crippen molar-refractivity contribution in [3.05, 3.63) is 51.2 Å². The van der Waals surface area contributed by atoms with Crippen molar-refractivity contribution in [3.63, 3.8) is 0 Å². The molecule has 0 aliphatic carbocycles. The Balaban J connectivity index is 2.34. The molecule has 2 aromatic carbocycles. The molecular weight excluding hydrogens is 298 g/mol. The van der Waals surface area contributed by atoms with E-state index in [1.165, 1.54) is 12.1 Å². The molecule has 18 heavy (non-hydrogen) atoms. The lowest BCUT2D eigenvalue weighted by atomic mass is 10.2. The third-order valence-electron chi connectivity index (χ3n) is 2.28. The van der Waals surface area contributed by atoms with Gasteiger partial charge in [0.05, 0.1) is 21.4 Å². The van der Waals surface area contributed by atoms with Gasteiger partial charge < -0.3 is 11.1 Å². The second-order valence-corrected chi connectivity index (χ2v) is 4.86. The molecule has 2 nitrogen and oxygen atoms in total. The largest absolute Gasteiger partial charge is 0.397 e. The van der Waals surface area contributed by atoms with Crippen LogP contribution >= 0.6 is 34.8 Å². The Kier molecular flexibility index (Phi) is 3.85. The molecule has 0 aliphatic rings. The summed E-state index contributed by atoms with van der Waals surface area (Å²) in [6.07, 6.45) is 0. The highest BCUT2D eigenvalue weighted by molar-refractivity contribution is 6.35. The molecule has 3 N–H and O–H groups in total. The number of hydrogen-bond acceptors (Lipinski definition) is 2. The molecule has 0 radical (unpaired) electrons. The molecule has 0 aromatic heterocycles. The smallest absolute Gasteiger partial charge is 0.160 e. The molecule has 0 saturated carbocycles. The summed E-state index contributed by atoms with van der Waals surface area (Å²) in [4.78, 5) is 0. The lowest BCUT2D eigenvalue weighted by Gasteiger charge is -2.10. The maximum absolute atomic E-state index is 13.2. The van der Waals surface area contributed by atoms with Crippen LogP contribution in [0.3, 0.4) is 0 Å². The first-order valence-corrected chi connectivity index (χ1v) is 6.07. The Morgan fingerprint density at radius 1 is 1.00 bits per heavy atom. The Morgan fingerprint density at radius 2 is 1.61 bits per heavy atom. The van der Waals surface area contributed by atoms with Crippen LogP contribution in [-0.2, 0) is 0 Å². The number of rotatable bonds is 2. The summed E-state index contributed by atoms with van der Waals surface area (Å²) < 4.78 is 13.2. The van der Waals surface area contributed by atoms with Crippen molar-refractivity contribution < 1.29 is 4.39 Å². The molecule has 0 bridgehead atoms. The van der Waals surface area contributed by atoms with E-state index in [9.17, 15) is 4.39 Å². The topological polar surface area (TPSA) is 38.0 Å². The van der Waals surface area contributed by atoms with Crippen molar-refractivity contribution in [1.82, 2.24) is 0 Å². The summed E-state index contributed by atoms with van der Waals surface area (Å²) >= 11 is 17.2. The first kappa shape index (κ1) is 13.3. The summed E-state index contributed by atoms with van der Waals surface area (Å²) in [6, 6.07) is 7.86. The molecule has 6 heteroatoms. The van der Waals surface area contributed by atoms with Gasteiger partial charge >= 0.3 is 0 Å². The van der Waals surface area contributed by atoms with Crippen LogP contribution < -0.4 is 11.1 Å². The lowest BCUT2D eigenvalue weighted by Crippen LogP contribution is -1.96. The van der Waals surface area contributed by atoms with E-state index in [2.05, 4.69) is 5.32 Å². The number of nitrogens with two attached hydrogens (primary N) is 1. The molecule has 0 unspecified atom stereocenters. The zero-order valence-electron chi connectivity index (χ0n) is 8.98. The summed E-state index contributed by atoms with van der Waals surface area (Å²) in [7, 11) is 0. The molecular formula is C12H8Cl3FN2. The zero-order chi connectivity index (χ0) is 13.3. The number of nitrogen functional groups attached to an aromatic ring is 1. The van der Waals surface area contributed by atoms with Crippen LogP contribution in [-0.4, -0.2) is 0 Å². The van der Waals surface area contributed by atoms with Gasteiger partial charge in [-0.15, -0.1) is 0 Å². The van der Waals surface area contributed by atoms with E-state index in [-0.39, 0.29) is 10.0 Å². The van der Waals surface area contributed by atoms with Crippen molar-refractivity contribution in [3.8, 4) is 0 Å². The van der Waals surface area contributed by atoms with Crippen LogP contribution in [0.4, 0.5) is 21.5 Å². The molecule has 0 saturated heterocycles. The molecule has 2 rings (SSSR count). The third kappa shape index (κ3) is 2.80. The summed E-state index contributed by atoms with van der Waals surface area (Å²) in [5.41, 5.74) is 7.44. The minimum absolute atomic E-state index is 0.0578. The van der Waals surface area contributed by atoms with E-state index in [0.29, 0.717) is 22.1 Å². The zero-order valence-corrected chi connectivity index (χ0v) is 11.2. The lowest BCUT2D eigenvalue weighted by molar-refractivity contribution is 0.629. The van der Waals surface area contributed by atoms with Crippen molar-refractivity contribution in [2.24, 2.45) is 0 Å². The van der Waals surface area contributed by atoms with Crippen LogP contribution in [0.25, 0.3) is 0 Å². The summed E-state index contributed by atoms with van der Waals surface area (Å²) in [5.74, 6) is -0.645. The molecule has 0 amide bonds. The maximum atomic E-state index is 13.2.